The van der Waals surface area contributed by atoms with Gasteiger partial charge in [-0.2, -0.15) is 0 Å². The van der Waals surface area contributed by atoms with Gasteiger partial charge in [-0.25, -0.2) is 0 Å². The Morgan fingerprint density at radius 1 is 1.62 bits per heavy atom. The zero-order valence-electron chi connectivity index (χ0n) is 7.07. The Labute approximate surface area is 89.7 Å². The average Bonchev–Trinajstić information content (AvgIpc) is 2.16. The van der Waals surface area contributed by atoms with E-state index in [0.29, 0.717) is 6.54 Å². The first-order valence-corrected chi connectivity index (χ1v) is 4.69. The Bertz CT molecular complexity index is 347. The van der Waals surface area contributed by atoms with Gasteiger partial charge < -0.3 is 4.74 Å². The lowest BCUT2D eigenvalue weighted by atomic mass is 10.2. The standard InChI is InChI=1S/C8H8IN3O/c1-13-8-4-6(5-11-12-10)2-3-7(8)9/h2-4H,5H2,1H3. The van der Waals surface area contributed by atoms with Crippen molar-refractivity contribution in [2.75, 3.05) is 7.11 Å². The molecule has 0 spiro atoms. The Morgan fingerprint density at radius 3 is 3.00 bits per heavy atom. The van der Waals surface area contributed by atoms with Crippen molar-refractivity contribution in [1.29, 1.82) is 0 Å². The molecule has 5 heteroatoms. The van der Waals surface area contributed by atoms with E-state index in [0.717, 1.165) is 14.9 Å². The van der Waals surface area contributed by atoms with Gasteiger partial charge in [-0.15, -0.1) is 0 Å². The summed E-state index contributed by atoms with van der Waals surface area (Å²) in [6.07, 6.45) is 0. The van der Waals surface area contributed by atoms with Crippen LogP contribution in [0.3, 0.4) is 0 Å². The molecule has 0 saturated heterocycles. The summed E-state index contributed by atoms with van der Waals surface area (Å²) in [4.78, 5) is 2.69. The Morgan fingerprint density at radius 2 is 2.38 bits per heavy atom. The minimum Gasteiger partial charge on any atom is -0.496 e. The van der Waals surface area contributed by atoms with Gasteiger partial charge >= 0.3 is 0 Å². The number of halogens is 1. The molecule has 0 bridgehead atoms. The van der Waals surface area contributed by atoms with Crippen molar-refractivity contribution in [1.82, 2.24) is 0 Å². The number of azide groups is 1. The largest absolute Gasteiger partial charge is 0.496 e. The van der Waals surface area contributed by atoms with Crippen LogP contribution in [0.4, 0.5) is 0 Å². The molecule has 13 heavy (non-hydrogen) atoms. The minimum absolute atomic E-state index is 0.365. The molecule has 0 amide bonds. The van der Waals surface area contributed by atoms with Crippen molar-refractivity contribution < 1.29 is 4.74 Å². The molecule has 1 aromatic carbocycles. The first kappa shape index (κ1) is 10.1. The van der Waals surface area contributed by atoms with E-state index in [-0.39, 0.29) is 0 Å². The number of ether oxygens (including phenoxy) is 1. The van der Waals surface area contributed by atoms with Gasteiger partial charge in [0.2, 0.25) is 0 Å². The molecule has 1 aromatic rings. The number of benzene rings is 1. The van der Waals surface area contributed by atoms with Crippen LogP contribution >= 0.6 is 22.6 Å². The van der Waals surface area contributed by atoms with Gasteiger partial charge in [0.15, 0.2) is 0 Å². The van der Waals surface area contributed by atoms with Crippen LogP contribution in [0, 0.1) is 3.57 Å². The third-order valence-corrected chi connectivity index (χ3v) is 2.42. The van der Waals surface area contributed by atoms with E-state index in [2.05, 4.69) is 32.6 Å². The first-order valence-electron chi connectivity index (χ1n) is 3.61. The van der Waals surface area contributed by atoms with Crippen LogP contribution in [0.25, 0.3) is 10.4 Å². The first-order chi connectivity index (χ1) is 6.27. The summed E-state index contributed by atoms with van der Waals surface area (Å²) in [6, 6.07) is 5.72. The number of hydrogen-bond acceptors (Lipinski definition) is 2. The van der Waals surface area contributed by atoms with E-state index in [1.165, 1.54) is 0 Å². The minimum atomic E-state index is 0.365. The maximum absolute atomic E-state index is 8.13. The van der Waals surface area contributed by atoms with Gasteiger partial charge in [0, 0.05) is 4.91 Å². The third-order valence-electron chi connectivity index (χ3n) is 1.53. The van der Waals surface area contributed by atoms with E-state index in [4.69, 9.17) is 10.3 Å². The van der Waals surface area contributed by atoms with Crippen LogP contribution in [0.1, 0.15) is 5.56 Å². The fourth-order valence-electron chi connectivity index (χ4n) is 0.916. The molecule has 0 unspecified atom stereocenters. The topological polar surface area (TPSA) is 58.0 Å². The molecule has 0 radical (unpaired) electrons. The van der Waals surface area contributed by atoms with Crippen LogP contribution in [0.2, 0.25) is 0 Å². The molecule has 68 valence electrons. The predicted molar refractivity (Wildman–Crippen MR) is 58.6 cm³/mol. The van der Waals surface area contributed by atoms with Gasteiger partial charge in [0.05, 0.1) is 17.2 Å². The Hall–Kier alpha value is -0.940. The third kappa shape index (κ3) is 2.78. The Balaban J connectivity index is 2.92. The summed E-state index contributed by atoms with van der Waals surface area (Å²) in [6.45, 7) is 0.365. The fourth-order valence-corrected chi connectivity index (χ4v) is 1.47. The highest BCUT2D eigenvalue weighted by atomic mass is 127. The lowest BCUT2D eigenvalue weighted by Gasteiger charge is -2.04. The SMILES string of the molecule is COc1cc(CN=[N+]=[N-])ccc1I. The second-order valence-electron chi connectivity index (χ2n) is 2.36. The predicted octanol–water partition coefficient (Wildman–Crippen LogP) is 3.11. The molecule has 4 nitrogen and oxygen atoms in total. The number of rotatable bonds is 3. The Kier molecular flexibility index (Phi) is 3.85. The zero-order valence-corrected chi connectivity index (χ0v) is 9.22. The maximum Gasteiger partial charge on any atom is 0.132 e. The molecule has 0 saturated carbocycles. The van der Waals surface area contributed by atoms with Crippen molar-refractivity contribution >= 4 is 22.6 Å². The summed E-state index contributed by atoms with van der Waals surface area (Å²) in [5.74, 6) is 0.811. The molecular formula is C8H8IN3O. The normalized spacial score (nSPS) is 9.08. The van der Waals surface area contributed by atoms with Crippen molar-refractivity contribution in [3.8, 4) is 5.75 Å². The highest BCUT2D eigenvalue weighted by Crippen LogP contribution is 2.22. The summed E-state index contributed by atoms with van der Waals surface area (Å²) in [5, 5.41) is 3.47. The lowest BCUT2D eigenvalue weighted by Crippen LogP contribution is -1.89. The van der Waals surface area contributed by atoms with Crippen LogP contribution in [0.15, 0.2) is 23.3 Å². The average molecular weight is 289 g/mol. The van der Waals surface area contributed by atoms with Gasteiger partial charge in [0.1, 0.15) is 5.75 Å². The molecule has 0 fully saturated rings. The van der Waals surface area contributed by atoms with Gasteiger partial charge in [0.25, 0.3) is 0 Å². The van der Waals surface area contributed by atoms with Gasteiger partial charge in [-0.1, -0.05) is 11.2 Å². The van der Waals surface area contributed by atoms with E-state index < -0.39 is 0 Å². The van der Waals surface area contributed by atoms with E-state index >= 15 is 0 Å². The molecule has 0 aliphatic rings. The summed E-state index contributed by atoms with van der Waals surface area (Å²) in [7, 11) is 1.62. The number of methoxy groups -OCH3 is 1. The molecule has 0 aliphatic heterocycles. The molecule has 0 aromatic heterocycles. The summed E-state index contributed by atoms with van der Waals surface area (Å²) < 4.78 is 6.17. The molecular weight excluding hydrogens is 281 g/mol. The van der Waals surface area contributed by atoms with Crippen molar-refractivity contribution in [2.24, 2.45) is 5.11 Å². The lowest BCUT2D eigenvalue weighted by molar-refractivity contribution is 0.411. The highest BCUT2D eigenvalue weighted by Gasteiger charge is 1.99. The smallest absolute Gasteiger partial charge is 0.132 e. The van der Waals surface area contributed by atoms with E-state index in [1.807, 2.05) is 18.2 Å². The van der Waals surface area contributed by atoms with Crippen molar-refractivity contribution in [3.05, 3.63) is 37.8 Å². The van der Waals surface area contributed by atoms with Crippen LogP contribution < -0.4 is 4.74 Å². The molecule has 0 heterocycles. The van der Waals surface area contributed by atoms with Crippen molar-refractivity contribution in [3.63, 3.8) is 0 Å². The van der Waals surface area contributed by atoms with Gasteiger partial charge in [-0.3, -0.25) is 0 Å². The molecule has 0 aliphatic carbocycles. The highest BCUT2D eigenvalue weighted by molar-refractivity contribution is 14.1. The van der Waals surface area contributed by atoms with Gasteiger partial charge in [-0.05, 0) is 45.8 Å². The van der Waals surface area contributed by atoms with E-state index in [9.17, 15) is 0 Å². The zero-order chi connectivity index (χ0) is 9.68. The number of nitrogens with zero attached hydrogens (tertiary/aromatic N) is 3. The number of hydrogen-bond donors (Lipinski definition) is 0. The molecule has 0 atom stereocenters. The van der Waals surface area contributed by atoms with E-state index in [1.54, 1.807) is 7.11 Å². The maximum atomic E-state index is 8.13. The quantitative estimate of drug-likeness (QED) is 0.365. The summed E-state index contributed by atoms with van der Waals surface area (Å²) in [5.41, 5.74) is 9.09. The second kappa shape index (κ2) is 4.94. The van der Waals surface area contributed by atoms with Crippen molar-refractivity contribution in [2.45, 2.75) is 6.54 Å². The second-order valence-corrected chi connectivity index (χ2v) is 3.52. The van der Waals surface area contributed by atoms with Crippen LogP contribution in [0.5, 0.6) is 5.75 Å². The molecule has 0 N–H and O–H groups in total. The molecule has 1 rings (SSSR count). The summed E-state index contributed by atoms with van der Waals surface area (Å²) >= 11 is 2.19. The van der Waals surface area contributed by atoms with Crippen LogP contribution in [-0.4, -0.2) is 7.11 Å². The fraction of sp³-hybridized carbons (Fsp3) is 0.250. The van der Waals surface area contributed by atoms with Crippen LogP contribution in [-0.2, 0) is 6.54 Å². The monoisotopic (exact) mass is 289 g/mol.